The minimum atomic E-state index is -3.03. The summed E-state index contributed by atoms with van der Waals surface area (Å²) in [6, 6.07) is 20.3. The maximum absolute atomic E-state index is 14.8. The molecule has 252 valence electrons. The molecule has 4 heterocycles. The smallest absolute Gasteiger partial charge is 0.414 e. The number of hydrogen-bond donors (Lipinski definition) is 2. The number of halogens is 1. The first-order chi connectivity index (χ1) is 22.9. The molecule has 3 aromatic carbocycles. The molecule has 2 fully saturated rings. The van der Waals surface area contributed by atoms with Crippen molar-refractivity contribution in [2.45, 2.75) is 69.2 Å². The molecule has 2 N–H and O–H groups in total. The van der Waals surface area contributed by atoms with Gasteiger partial charge in [-0.15, -0.1) is 0 Å². The Hall–Kier alpha value is -3.74. The van der Waals surface area contributed by atoms with Gasteiger partial charge in [0.15, 0.2) is 13.9 Å². The zero-order valence-electron chi connectivity index (χ0n) is 27.3. The molecule has 0 saturated carbocycles. The van der Waals surface area contributed by atoms with Crippen molar-refractivity contribution in [3.05, 3.63) is 94.0 Å². The third-order valence-electron chi connectivity index (χ3n) is 10.5. The summed E-state index contributed by atoms with van der Waals surface area (Å²) in [6.45, 7) is 6.76. The molecule has 7 rings (SSSR count). The Morgan fingerprint density at radius 3 is 2.54 bits per heavy atom. The molecule has 48 heavy (non-hydrogen) atoms. The van der Waals surface area contributed by atoms with Gasteiger partial charge in [-0.3, -0.25) is 14.5 Å². The normalized spacial score (nSPS) is 26.7. The van der Waals surface area contributed by atoms with Crippen LogP contribution in [0.4, 0.5) is 16.2 Å². The van der Waals surface area contributed by atoms with Crippen LogP contribution in [0.1, 0.15) is 35.6 Å². The van der Waals surface area contributed by atoms with Gasteiger partial charge in [0.1, 0.15) is 6.61 Å². The highest BCUT2D eigenvalue weighted by molar-refractivity contribution is 6.71. The first-order valence-electron chi connectivity index (χ1n) is 16.4. The van der Waals surface area contributed by atoms with Gasteiger partial charge in [0.25, 0.3) is 5.91 Å². The van der Waals surface area contributed by atoms with Gasteiger partial charge in [0.05, 0.1) is 44.0 Å². The lowest BCUT2D eigenvalue weighted by Crippen LogP contribution is -2.48. The average Bonchev–Trinajstić information content (AvgIpc) is 3.69. The fraction of sp³-hybridized carbons (Fsp3) is 0.417. The Labute approximate surface area is 285 Å². The van der Waals surface area contributed by atoms with Crippen molar-refractivity contribution in [1.82, 2.24) is 4.90 Å². The molecule has 0 bridgehead atoms. The third-order valence-corrected chi connectivity index (χ3v) is 13.3. The number of carbonyl (C=O) groups excluding carboxylic acids is 3. The summed E-state index contributed by atoms with van der Waals surface area (Å²) in [4.78, 5) is 57.8. The SMILES string of the molecule is C[C@@H]1[C@@H]([Si](C)(C)O)[C@H](CC(=O)N2Cc3ccccc3C[C@H]2CO)O[C@@]12C(=O)N(Cc1cccc(N3CCOC3=O)c1)c1ccc(Cl)cc12. The highest BCUT2D eigenvalue weighted by Gasteiger charge is 2.66. The van der Waals surface area contributed by atoms with Crippen LogP contribution < -0.4 is 9.80 Å². The highest BCUT2D eigenvalue weighted by atomic mass is 35.5. The van der Waals surface area contributed by atoms with E-state index in [0.717, 1.165) is 16.7 Å². The highest BCUT2D eigenvalue weighted by Crippen LogP contribution is 2.60. The summed E-state index contributed by atoms with van der Waals surface area (Å²) in [6.07, 6.45) is -0.634. The minimum absolute atomic E-state index is 0.0381. The maximum Gasteiger partial charge on any atom is 0.414 e. The first-order valence-corrected chi connectivity index (χ1v) is 19.8. The van der Waals surface area contributed by atoms with Crippen LogP contribution in [0.15, 0.2) is 66.7 Å². The zero-order chi connectivity index (χ0) is 34.0. The van der Waals surface area contributed by atoms with Crippen LogP contribution in [-0.2, 0) is 44.2 Å². The number of amides is 3. The molecule has 4 aliphatic heterocycles. The van der Waals surface area contributed by atoms with Crippen LogP contribution in [-0.4, -0.2) is 72.9 Å². The molecule has 0 radical (unpaired) electrons. The third kappa shape index (κ3) is 5.41. The summed E-state index contributed by atoms with van der Waals surface area (Å²) in [5.74, 6) is -0.943. The summed E-state index contributed by atoms with van der Waals surface area (Å²) < 4.78 is 12.0. The van der Waals surface area contributed by atoms with E-state index in [-0.39, 0.29) is 37.4 Å². The molecule has 2 saturated heterocycles. The summed E-state index contributed by atoms with van der Waals surface area (Å²) in [7, 11) is -3.03. The Morgan fingerprint density at radius 1 is 1.06 bits per heavy atom. The van der Waals surface area contributed by atoms with E-state index in [1.165, 1.54) is 0 Å². The number of fused-ring (bicyclic) bond motifs is 3. The molecule has 3 aromatic rings. The fourth-order valence-corrected chi connectivity index (χ4v) is 11.1. The predicted octanol–water partition coefficient (Wildman–Crippen LogP) is 4.98. The number of aliphatic hydroxyl groups excluding tert-OH is 1. The predicted molar refractivity (Wildman–Crippen MR) is 183 cm³/mol. The van der Waals surface area contributed by atoms with Gasteiger partial charge in [-0.2, -0.15) is 0 Å². The largest absolute Gasteiger partial charge is 0.447 e. The average molecular weight is 690 g/mol. The van der Waals surface area contributed by atoms with E-state index in [2.05, 4.69) is 0 Å². The monoisotopic (exact) mass is 689 g/mol. The first kappa shape index (κ1) is 32.8. The number of anilines is 2. The van der Waals surface area contributed by atoms with E-state index < -0.39 is 37.6 Å². The number of cyclic esters (lactones) is 1. The van der Waals surface area contributed by atoms with Crippen molar-refractivity contribution in [2.75, 3.05) is 29.6 Å². The van der Waals surface area contributed by atoms with Gasteiger partial charge in [0, 0.05) is 34.3 Å². The number of rotatable bonds is 7. The van der Waals surface area contributed by atoms with E-state index in [1.54, 1.807) is 26.8 Å². The van der Waals surface area contributed by atoms with Crippen molar-refractivity contribution < 1.29 is 33.8 Å². The lowest BCUT2D eigenvalue weighted by atomic mass is 9.82. The molecule has 0 aromatic heterocycles. The minimum Gasteiger partial charge on any atom is -0.447 e. The summed E-state index contributed by atoms with van der Waals surface area (Å²) in [5, 5.41) is 10.7. The van der Waals surface area contributed by atoms with E-state index >= 15 is 0 Å². The van der Waals surface area contributed by atoms with E-state index in [1.807, 2.05) is 74.6 Å². The number of carbonyl (C=O) groups is 3. The Morgan fingerprint density at radius 2 is 1.83 bits per heavy atom. The molecule has 0 aliphatic carbocycles. The Kier molecular flexibility index (Phi) is 8.40. The number of ether oxygens (including phenoxy) is 2. The van der Waals surface area contributed by atoms with Gasteiger partial charge in [-0.25, -0.2) is 4.79 Å². The molecule has 1 spiro atoms. The second kappa shape index (κ2) is 12.3. The quantitative estimate of drug-likeness (QED) is 0.336. The lowest BCUT2D eigenvalue weighted by molar-refractivity contribution is -0.151. The fourth-order valence-electron chi connectivity index (χ4n) is 8.37. The van der Waals surface area contributed by atoms with Gasteiger partial charge in [0.2, 0.25) is 5.91 Å². The second-order valence-electron chi connectivity index (χ2n) is 13.9. The second-order valence-corrected chi connectivity index (χ2v) is 18.3. The molecule has 12 heteroatoms. The number of nitrogens with zero attached hydrogens (tertiary/aromatic N) is 3. The molecule has 0 unspecified atom stereocenters. The zero-order valence-corrected chi connectivity index (χ0v) is 29.0. The van der Waals surface area contributed by atoms with Gasteiger partial charge >= 0.3 is 6.09 Å². The van der Waals surface area contributed by atoms with Crippen molar-refractivity contribution in [3.63, 3.8) is 0 Å². The Balaban J connectivity index is 1.22. The van der Waals surface area contributed by atoms with Crippen LogP contribution >= 0.6 is 11.6 Å². The Bertz CT molecular complexity index is 1780. The lowest BCUT2D eigenvalue weighted by Gasteiger charge is -2.37. The standard InChI is InChI=1S/C36H40ClN3O7Si/c1-22-33(48(2,3)45)31(18-32(42)39-20-25-9-5-4-8-24(25)16-28(39)21-41)47-36(22)29-17-26(37)11-12-30(29)40(34(36)43)19-23-7-6-10-27(15-23)38-13-14-46-35(38)44/h4-12,15,17,22,28,31,33,41,45H,13-14,16,18-21H2,1-3H3/t22-,28+,31+,33-,36+/m1/s1. The van der Waals surface area contributed by atoms with Gasteiger partial charge in [-0.05, 0) is 66.5 Å². The molecule has 4 aliphatic rings. The maximum atomic E-state index is 14.8. The molecular weight excluding hydrogens is 650 g/mol. The van der Waals surface area contributed by atoms with Crippen molar-refractivity contribution in [3.8, 4) is 0 Å². The van der Waals surface area contributed by atoms with E-state index in [9.17, 15) is 24.3 Å². The molecule has 5 atom stereocenters. The molecule has 3 amide bonds. The van der Waals surface area contributed by atoms with Crippen molar-refractivity contribution in [1.29, 1.82) is 0 Å². The van der Waals surface area contributed by atoms with Crippen LogP contribution in [0.25, 0.3) is 0 Å². The van der Waals surface area contributed by atoms with E-state index in [4.69, 9.17) is 21.1 Å². The summed E-state index contributed by atoms with van der Waals surface area (Å²) in [5.41, 5.74) is 3.00. The summed E-state index contributed by atoms with van der Waals surface area (Å²) >= 11 is 6.56. The van der Waals surface area contributed by atoms with Gasteiger partial charge < -0.3 is 29.2 Å². The number of hydrogen-bond acceptors (Lipinski definition) is 7. The molecular formula is C36H40ClN3O7Si. The van der Waals surface area contributed by atoms with Crippen LogP contribution in [0, 0.1) is 5.92 Å². The van der Waals surface area contributed by atoms with Crippen LogP contribution in [0.3, 0.4) is 0 Å². The van der Waals surface area contributed by atoms with Crippen LogP contribution in [0.2, 0.25) is 23.7 Å². The van der Waals surface area contributed by atoms with Crippen molar-refractivity contribution >= 4 is 49.2 Å². The molecule has 10 nitrogen and oxygen atoms in total. The number of aliphatic hydroxyl groups is 1. The number of benzene rings is 3. The van der Waals surface area contributed by atoms with Gasteiger partial charge in [-0.1, -0.05) is 54.9 Å². The van der Waals surface area contributed by atoms with E-state index in [0.29, 0.717) is 48.1 Å². The topological polar surface area (TPSA) is 120 Å². The van der Waals surface area contributed by atoms with Crippen LogP contribution in [0.5, 0.6) is 0 Å². The van der Waals surface area contributed by atoms with Crippen molar-refractivity contribution in [2.24, 2.45) is 5.92 Å².